The maximum absolute atomic E-state index is 11.7. The Labute approximate surface area is 96.5 Å². The molecule has 1 fully saturated rings. The van der Waals surface area contributed by atoms with E-state index in [1.54, 1.807) is 6.08 Å². The zero-order valence-corrected chi connectivity index (χ0v) is 9.95. The van der Waals surface area contributed by atoms with Gasteiger partial charge < -0.3 is 10.6 Å². The van der Waals surface area contributed by atoms with Crippen LogP contribution in [0.2, 0.25) is 0 Å². The third-order valence-corrected chi connectivity index (χ3v) is 2.89. The van der Waals surface area contributed by atoms with Crippen LogP contribution in [-0.4, -0.2) is 24.4 Å². The fraction of sp³-hybridized carbons (Fsp3) is 0.667. The van der Waals surface area contributed by atoms with E-state index >= 15 is 0 Å². The second-order valence-corrected chi connectivity index (χ2v) is 4.30. The van der Waals surface area contributed by atoms with Gasteiger partial charge in [-0.05, 0) is 19.8 Å². The third-order valence-electron chi connectivity index (χ3n) is 2.89. The Bertz CT molecular complexity index is 289. The van der Waals surface area contributed by atoms with Crippen molar-refractivity contribution in [1.82, 2.24) is 10.6 Å². The second-order valence-electron chi connectivity index (χ2n) is 4.30. The number of carbonyl (C=O) groups excluding carboxylic acids is 2. The van der Waals surface area contributed by atoms with E-state index in [-0.39, 0.29) is 29.7 Å². The molecule has 90 valence electrons. The van der Waals surface area contributed by atoms with E-state index in [2.05, 4.69) is 17.2 Å². The summed E-state index contributed by atoms with van der Waals surface area (Å²) in [5.74, 6) is -0.292. The van der Waals surface area contributed by atoms with Gasteiger partial charge >= 0.3 is 0 Å². The number of hydrogen-bond donors (Lipinski definition) is 2. The normalized spacial score (nSPS) is 24.4. The first kappa shape index (κ1) is 12.7. The van der Waals surface area contributed by atoms with E-state index in [1.807, 2.05) is 13.8 Å². The fourth-order valence-corrected chi connectivity index (χ4v) is 1.53. The molecular weight excluding hydrogens is 204 g/mol. The van der Waals surface area contributed by atoms with Crippen molar-refractivity contribution >= 4 is 11.8 Å². The largest absolute Gasteiger partial charge is 0.353 e. The fourth-order valence-electron chi connectivity index (χ4n) is 1.53. The molecule has 0 saturated heterocycles. The van der Waals surface area contributed by atoms with Crippen LogP contribution < -0.4 is 10.6 Å². The summed E-state index contributed by atoms with van der Waals surface area (Å²) in [5, 5.41) is 5.60. The average molecular weight is 224 g/mol. The Morgan fingerprint density at radius 3 is 2.62 bits per heavy atom. The van der Waals surface area contributed by atoms with Gasteiger partial charge in [-0.3, -0.25) is 9.59 Å². The molecule has 2 N–H and O–H groups in total. The minimum absolute atomic E-state index is 0.00750. The minimum atomic E-state index is -0.135. The standard InChI is InChI=1S/C12H20N2O2/c1-4-6-13-11(15)9-7-10(9)12(16)14-8(3)5-2/h4,8-10H,1,5-7H2,2-3H3,(H,13,15)(H,14,16). The molecule has 0 heterocycles. The van der Waals surface area contributed by atoms with Gasteiger partial charge in [-0.2, -0.15) is 0 Å². The van der Waals surface area contributed by atoms with Crippen LogP contribution in [0.15, 0.2) is 12.7 Å². The average Bonchev–Trinajstić information content (AvgIpc) is 3.05. The lowest BCUT2D eigenvalue weighted by Crippen LogP contribution is -2.35. The van der Waals surface area contributed by atoms with Crippen molar-refractivity contribution in [2.24, 2.45) is 11.8 Å². The van der Waals surface area contributed by atoms with Gasteiger partial charge in [-0.1, -0.05) is 13.0 Å². The molecule has 4 nitrogen and oxygen atoms in total. The quantitative estimate of drug-likeness (QED) is 0.657. The van der Waals surface area contributed by atoms with Crippen molar-refractivity contribution in [2.45, 2.75) is 32.7 Å². The maximum Gasteiger partial charge on any atom is 0.224 e. The zero-order valence-electron chi connectivity index (χ0n) is 9.95. The SMILES string of the molecule is C=CCNC(=O)C1CC1C(=O)NC(C)CC. The lowest BCUT2D eigenvalue weighted by Gasteiger charge is -2.10. The number of nitrogens with one attached hydrogen (secondary N) is 2. The molecule has 3 atom stereocenters. The Balaban J connectivity index is 2.30. The number of hydrogen-bond acceptors (Lipinski definition) is 2. The Morgan fingerprint density at radius 2 is 2.06 bits per heavy atom. The molecule has 0 spiro atoms. The van der Waals surface area contributed by atoms with Gasteiger partial charge in [-0.15, -0.1) is 6.58 Å². The van der Waals surface area contributed by atoms with E-state index in [9.17, 15) is 9.59 Å². The van der Waals surface area contributed by atoms with Crippen LogP contribution in [0, 0.1) is 11.8 Å². The predicted molar refractivity (Wildman–Crippen MR) is 62.7 cm³/mol. The van der Waals surface area contributed by atoms with E-state index in [0.717, 1.165) is 6.42 Å². The molecule has 4 heteroatoms. The summed E-state index contributed by atoms with van der Waals surface area (Å²) in [4.78, 5) is 23.1. The van der Waals surface area contributed by atoms with E-state index in [4.69, 9.17) is 0 Å². The first-order chi connectivity index (χ1) is 7.60. The van der Waals surface area contributed by atoms with E-state index in [0.29, 0.717) is 13.0 Å². The van der Waals surface area contributed by atoms with Gasteiger partial charge in [0.15, 0.2) is 0 Å². The second kappa shape index (κ2) is 5.68. The Kier molecular flexibility index (Phi) is 4.52. The van der Waals surface area contributed by atoms with Gasteiger partial charge in [-0.25, -0.2) is 0 Å². The maximum atomic E-state index is 11.7. The highest BCUT2D eigenvalue weighted by atomic mass is 16.2. The highest BCUT2D eigenvalue weighted by molar-refractivity contribution is 5.92. The molecule has 1 aliphatic carbocycles. The third kappa shape index (κ3) is 3.36. The molecule has 2 amide bonds. The predicted octanol–water partition coefficient (Wildman–Crippen LogP) is 0.839. The molecule has 1 rings (SSSR count). The summed E-state index contributed by atoms with van der Waals surface area (Å²) in [5.41, 5.74) is 0. The molecular formula is C12H20N2O2. The molecule has 16 heavy (non-hydrogen) atoms. The van der Waals surface area contributed by atoms with E-state index in [1.165, 1.54) is 0 Å². The Hall–Kier alpha value is -1.32. The van der Waals surface area contributed by atoms with Crippen LogP contribution in [-0.2, 0) is 9.59 Å². The van der Waals surface area contributed by atoms with Crippen molar-refractivity contribution in [2.75, 3.05) is 6.54 Å². The molecule has 0 aromatic heterocycles. The van der Waals surface area contributed by atoms with Crippen LogP contribution in [0.4, 0.5) is 0 Å². The summed E-state index contributed by atoms with van der Waals surface area (Å²) in [6, 6.07) is 0.185. The highest BCUT2D eigenvalue weighted by Gasteiger charge is 2.47. The molecule has 1 aliphatic rings. The zero-order chi connectivity index (χ0) is 12.1. The monoisotopic (exact) mass is 224 g/mol. The lowest BCUT2D eigenvalue weighted by atomic mass is 10.2. The molecule has 0 aliphatic heterocycles. The molecule has 0 aromatic carbocycles. The van der Waals surface area contributed by atoms with Gasteiger partial charge in [0.2, 0.25) is 11.8 Å². The van der Waals surface area contributed by atoms with Crippen LogP contribution in [0.3, 0.4) is 0 Å². The van der Waals surface area contributed by atoms with Crippen molar-refractivity contribution in [3.63, 3.8) is 0 Å². The van der Waals surface area contributed by atoms with Crippen molar-refractivity contribution in [1.29, 1.82) is 0 Å². The van der Waals surface area contributed by atoms with Gasteiger partial charge in [0.05, 0.1) is 11.8 Å². The molecule has 1 saturated carbocycles. The van der Waals surface area contributed by atoms with E-state index < -0.39 is 0 Å². The molecule has 0 bridgehead atoms. The summed E-state index contributed by atoms with van der Waals surface area (Å²) in [7, 11) is 0. The smallest absolute Gasteiger partial charge is 0.224 e. The number of amides is 2. The van der Waals surface area contributed by atoms with Crippen LogP contribution in [0.1, 0.15) is 26.7 Å². The lowest BCUT2D eigenvalue weighted by molar-refractivity contribution is -0.127. The first-order valence-corrected chi connectivity index (χ1v) is 5.79. The van der Waals surface area contributed by atoms with Gasteiger partial charge in [0, 0.05) is 12.6 Å². The molecule has 0 aromatic rings. The van der Waals surface area contributed by atoms with Crippen molar-refractivity contribution < 1.29 is 9.59 Å². The van der Waals surface area contributed by atoms with Crippen LogP contribution >= 0.6 is 0 Å². The molecule has 0 radical (unpaired) electrons. The highest BCUT2D eigenvalue weighted by Crippen LogP contribution is 2.38. The summed E-state index contributed by atoms with van der Waals surface area (Å²) >= 11 is 0. The van der Waals surface area contributed by atoms with Gasteiger partial charge in [0.25, 0.3) is 0 Å². The summed E-state index contributed by atoms with van der Waals surface area (Å²) < 4.78 is 0. The minimum Gasteiger partial charge on any atom is -0.353 e. The van der Waals surface area contributed by atoms with Crippen molar-refractivity contribution in [3.05, 3.63) is 12.7 Å². The van der Waals surface area contributed by atoms with Crippen LogP contribution in [0.25, 0.3) is 0 Å². The van der Waals surface area contributed by atoms with Crippen molar-refractivity contribution in [3.8, 4) is 0 Å². The Morgan fingerprint density at radius 1 is 1.44 bits per heavy atom. The van der Waals surface area contributed by atoms with Gasteiger partial charge in [0.1, 0.15) is 0 Å². The first-order valence-electron chi connectivity index (χ1n) is 5.79. The summed E-state index contributed by atoms with van der Waals surface area (Å²) in [6.07, 6.45) is 3.21. The molecule has 3 unspecified atom stereocenters. The number of carbonyl (C=O) groups is 2. The van der Waals surface area contributed by atoms with Crippen LogP contribution in [0.5, 0.6) is 0 Å². The number of rotatable bonds is 6. The summed E-state index contributed by atoms with van der Waals surface area (Å²) in [6.45, 7) is 7.98. The topological polar surface area (TPSA) is 58.2 Å².